The van der Waals surface area contributed by atoms with Crippen molar-refractivity contribution in [3.8, 4) is 11.5 Å². The van der Waals surface area contributed by atoms with Crippen molar-refractivity contribution >= 4 is 17.5 Å². The summed E-state index contributed by atoms with van der Waals surface area (Å²) >= 11 is 5.75. The largest absolute Gasteiger partial charge is 0.496 e. The molecule has 0 aromatic heterocycles. The molecule has 5 heteroatoms. The van der Waals surface area contributed by atoms with Crippen molar-refractivity contribution in [3.05, 3.63) is 23.8 Å². The van der Waals surface area contributed by atoms with Crippen LogP contribution in [0.5, 0.6) is 11.5 Å². The minimum absolute atomic E-state index is 0.114. The minimum atomic E-state index is -0.114. The Balaban J connectivity index is 3.14. The van der Waals surface area contributed by atoms with Crippen LogP contribution in [0.15, 0.2) is 18.2 Å². The van der Waals surface area contributed by atoms with Crippen LogP contribution >= 0.6 is 11.6 Å². The van der Waals surface area contributed by atoms with Gasteiger partial charge in [-0.25, -0.2) is 0 Å². The van der Waals surface area contributed by atoms with Crippen LogP contribution in [0.2, 0.25) is 0 Å². The first-order valence-corrected chi connectivity index (χ1v) is 6.79. The molecule has 0 fully saturated rings. The third-order valence-electron chi connectivity index (χ3n) is 2.78. The summed E-state index contributed by atoms with van der Waals surface area (Å²) in [6.07, 6.45) is 0.875. The molecule has 0 atom stereocenters. The quantitative estimate of drug-likeness (QED) is 0.723. The molecule has 0 spiro atoms. The maximum Gasteiger partial charge on any atom is 0.261 e. The van der Waals surface area contributed by atoms with Crippen molar-refractivity contribution in [1.82, 2.24) is 4.90 Å². The molecule has 0 aliphatic carbocycles. The van der Waals surface area contributed by atoms with Crippen LogP contribution in [0.4, 0.5) is 0 Å². The molecule has 0 bridgehead atoms. The summed E-state index contributed by atoms with van der Waals surface area (Å²) in [5, 5.41) is 0. The van der Waals surface area contributed by atoms with Gasteiger partial charge in [-0.15, -0.1) is 11.6 Å². The Kier molecular flexibility index (Phi) is 6.50. The van der Waals surface area contributed by atoms with Crippen LogP contribution in [-0.2, 0) is 0 Å². The summed E-state index contributed by atoms with van der Waals surface area (Å²) in [5.74, 6) is 1.32. The van der Waals surface area contributed by atoms with E-state index in [0.717, 1.165) is 6.42 Å². The summed E-state index contributed by atoms with van der Waals surface area (Å²) in [6.45, 7) is 3.19. The van der Waals surface area contributed by atoms with E-state index in [1.54, 1.807) is 23.1 Å². The maximum absolute atomic E-state index is 12.6. The standard InChI is InChI=1S/C14H20ClNO3/c1-4-9-16(10-8-15)14(17)13-11(18-2)6-5-7-12(13)19-3/h5-7H,4,8-10H2,1-3H3. The van der Waals surface area contributed by atoms with Crippen molar-refractivity contribution in [2.45, 2.75) is 13.3 Å². The molecule has 0 aliphatic heterocycles. The molecule has 1 aromatic rings. The second kappa shape index (κ2) is 7.89. The zero-order valence-electron chi connectivity index (χ0n) is 11.6. The summed E-state index contributed by atoms with van der Waals surface area (Å²) in [5.41, 5.74) is 0.450. The van der Waals surface area contributed by atoms with E-state index >= 15 is 0 Å². The zero-order valence-corrected chi connectivity index (χ0v) is 12.4. The van der Waals surface area contributed by atoms with Gasteiger partial charge in [-0.3, -0.25) is 4.79 Å². The molecule has 0 saturated heterocycles. The van der Waals surface area contributed by atoms with Crippen LogP contribution in [0.3, 0.4) is 0 Å². The summed E-state index contributed by atoms with van der Waals surface area (Å²) < 4.78 is 10.5. The number of alkyl halides is 1. The van der Waals surface area contributed by atoms with Crippen LogP contribution in [0.25, 0.3) is 0 Å². The third-order valence-corrected chi connectivity index (χ3v) is 2.95. The molecule has 1 aromatic carbocycles. The SMILES string of the molecule is CCCN(CCCl)C(=O)c1c(OC)cccc1OC. The average molecular weight is 286 g/mol. The first-order chi connectivity index (χ1) is 9.19. The molecular formula is C14H20ClNO3. The molecule has 106 valence electrons. The van der Waals surface area contributed by atoms with Crippen LogP contribution in [0.1, 0.15) is 23.7 Å². The van der Waals surface area contributed by atoms with E-state index in [2.05, 4.69) is 0 Å². The monoisotopic (exact) mass is 285 g/mol. The fraction of sp³-hybridized carbons (Fsp3) is 0.500. The number of carbonyl (C=O) groups excluding carboxylic acids is 1. The van der Waals surface area contributed by atoms with Crippen molar-refractivity contribution in [3.63, 3.8) is 0 Å². The Morgan fingerprint density at radius 2 is 1.79 bits per heavy atom. The van der Waals surface area contributed by atoms with E-state index in [-0.39, 0.29) is 5.91 Å². The molecule has 0 unspecified atom stereocenters. The maximum atomic E-state index is 12.6. The summed E-state index contributed by atoms with van der Waals surface area (Å²) in [4.78, 5) is 14.3. The number of methoxy groups -OCH3 is 2. The minimum Gasteiger partial charge on any atom is -0.496 e. The number of amides is 1. The van der Waals surface area contributed by atoms with Gasteiger partial charge in [0.2, 0.25) is 0 Å². The normalized spacial score (nSPS) is 10.1. The Hall–Kier alpha value is -1.42. The number of hydrogen-bond acceptors (Lipinski definition) is 3. The Labute approximate surface area is 119 Å². The van der Waals surface area contributed by atoms with Gasteiger partial charge in [-0.1, -0.05) is 13.0 Å². The highest BCUT2D eigenvalue weighted by molar-refractivity contribution is 6.18. The predicted molar refractivity (Wildman–Crippen MR) is 76.5 cm³/mol. The Bertz CT molecular complexity index is 395. The van der Waals surface area contributed by atoms with Gasteiger partial charge in [0.1, 0.15) is 17.1 Å². The number of halogens is 1. The number of nitrogens with zero attached hydrogens (tertiary/aromatic N) is 1. The van der Waals surface area contributed by atoms with E-state index < -0.39 is 0 Å². The van der Waals surface area contributed by atoms with Crippen molar-refractivity contribution in [2.24, 2.45) is 0 Å². The third kappa shape index (κ3) is 3.77. The number of ether oxygens (including phenoxy) is 2. The fourth-order valence-electron chi connectivity index (χ4n) is 1.91. The van der Waals surface area contributed by atoms with Crippen LogP contribution in [-0.4, -0.2) is 44.0 Å². The van der Waals surface area contributed by atoms with Crippen molar-refractivity contribution in [1.29, 1.82) is 0 Å². The van der Waals surface area contributed by atoms with Crippen LogP contribution < -0.4 is 9.47 Å². The van der Waals surface area contributed by atoms with Crippen molar-refractivity contribution < 1.29 is 14.3 Å². The van der Waals surface area contributed by atoms with Gasteiger partial charge in [-0.2, -0.15) is 0 Å². The Morgan fingerprint density at radius 3 is 2.21 bits per heavy atom. The lowest BCUT2D eigenvalue weighted by Crippen LogP contribution is -2.34. The summed E-state index contributed by atoms with van der Waals surface area (Å²) in [7, 11) is 3.08. The zero-order chi connectivity index (χ0) is 14.3. The molecule has 0 heterocycles. The second-order valence-corrected chi connectivity index (χ2v) is 4.40. The van der Waals surface area contributed by atoms with Crippen molar-refractivity contribution in [2.75, 3.05) is 33.2 Å². The Morgan fingerprint density at radius 1 is 1.21 bits per heavy atom. The lowest BCUT2D eigenvalue weighted by atomic mass is 10.1. The highest BCUT2D eigenvalue weighted by Gasteiger charge is 2.22. The van der Waals surface area contributed by atoms with Crippen LogP contribution in [0, 0.1) is 0 Å². The van der Waals surface area contributed by atoms with Gasteiger partial charge < -0.3 is 14.4 Å². The van der Waals surface area contributed by atoms with Gasteiger partial charge in [0, 0.05) is 19.0 Å². The molecular weight excluding hydrogens is 266 g/mol. The molecule has 1 rings (SSSR count). The van der Waals surface area contributed by atoms with Gasteiger partial charge >= 0.3 is 0 Å². The number of rotatable bonds is 7. The van der Waals surface area contributed by atoms with E-state index in [4.69, 9.17) is 21.1 Å². The van der Waals surface area contributed by atoms with Gasteiger partial charge in [0.05, 0.1) is 14.2 Å². The predicted octanol–water partition coefficient (Wildman–Crippen LogP) is 2.79. The van der Waals surface area contributed by atoms with E-state index in [1.807, 2.05) is 6.92 Å². The molecule has 1 amide bonds. The van der Waals surface area contributed by atoms with Gasteiger partial charge in [0.15, 0.2) is 0 Å². The summed E-state index contributed by atoms with van der Waals surface area (Å²) in [6, 6.07) is 5.29. The van der Waals surface area contributed by atoms with E-state index in [0.29, 0.717) is 36.0 Å². The smallest absolute Gasteiger partial charge is 0.261 e. The highest BCUT2D eigenvalue weighted by Crippen LogP contribution is 2.29. The second-order valence-electron chi connectivity index (χ2n) is 4.02. The molecule has 0 radical (unpaired) electrons. The van der Waals surface area contributed by atoms with Gasteiger partial charge in [0.25, 0.3) is 5.91 Å². The highest BCUT2D eigenvalue weighted by atomic mass is 35.5. The fourth-order valence-corrected chi connectivity index (χ4v) is 2.11. The van der Waals surface area contributed by atoms with E-state index in [9.17, 15) is 4.79 Å². The molecule has 0 N–H and O–H groups in total. The van der Waals surface area contributed by atoms with Gasteiger partial charge in [-0.05, 0) is 18.6 Å². The molecule has 0 saturated carbocycles. The molecule has 0 aliphatic rings. The molecule has 4 nitrogen and oxygen atoms in total. The number of carbonyl (C=O) groups is 1. The lowest BCUT2D eigenvalue weighted by molar-refractivity contribution is 0.0758. The van der Waals surface area contributed by atoms with E-state index in [1.165, 1.54) is 14.2 Å². The average Bonchev–Trinajstić information content (AvgIpc) is 2.45. The molecule has 19 heavy (non-hydrogen) atoms. The number of hydrogen-bond donors (Lipinski definition) is 0. The lowest BCUT2D eigenvalue weighted by Gasteiger charge is -2.23. The number of benzene rings is 1. The first-order valence-electron chi connectivity index (χ1n) is 6.25. The first kappa shape index (κ1) is 15.6. The topological polar surface area (TPSA) is 38.8 Å².